The molecule has 136 valence electrons. The number of hydrogen-bond donors (Lipinski definition) is 0. The van der Waals surface area contributed by atoms with Crippen LogP contribution < -0.4 is 0 Å². The third-order valence-corrected chi connectivity index (χ3v) is 5.24. The second-order valence-corrected chi connectivity index (χ2v) is 7.25. The number of carbonyl (C=O) groups is 2. The van der Waals surface area contributed by atoms with Crippen molar-refractivity contribution >= 4 is 35.0 Å². The SMILES string of the molecule is Cc1cccc(C(=O)N2CCCN(C(=O)c3ccc(Cl)c(Cl)c3)CC2)c1. The van der Waals surface area contributed by atoms with E-state index in [4.69, 9.17) is 23.2 Å². The summed E-state index contributed by atoms with van der Waals surface area (Å²) in [6.07, 6.45) is 0.741. The summed E-state index contributed by atoms with van der Waals surface area (Å²) in [5.74, 6) is -0.0778. The summed E-state index contributed by atoms with van der Waals surface area (Å²) in [4.78, 5) is 29.0. The summed E-state index contributed by atoms with van der Waals surface area (Å²) >= 11 is 11.9. The van der Waals surface area contributed by atoms with Crippen molar-refractivity contribution < 1.29 is 9.59 Å². The number of benzene rings is 2. The number of aryl methyl sites for hydroxylation is 1. The maximum absolute atomic E-state index is 12.7. The monoisotopic (exact) mass is 390 g/mol. The van der Waals surface area contributed by atoms with Crippen LogP contribution in [0, 0.1) is 6.92 Å². The summed E-state index contributed by atoms with van der Waals surface area (Å²) in [6.45, 7) is 4.22. The second kappa shape index (κ2) is 8.11. The van der Waals surface area contributed by atoms with Gasteiger partial charge in [0.05, 0.1) is 10.0 Å². The maximum Gasteiger partial charge on any atom is 0.253 e. The lowest BCUT2D eigenvalue weighted by Crippen LogP contribution is -2.37. The van der Waals surface area contributed by atoms with Gasteiger partial charge >= 0.3 is 0 Å². The Balaban J connectivity index is 1.68. The molecule has 1 fully saturated rings. The molecule has 0 bridgehead atoms. The molecule has 1 saturated heterocycles. The molecule has 1 aliphatic heterocycles. The van der Waals surface area contributed by atoms with E-state index < -0.39 is 0 Å². The predicted octanol–water partition coefficient (Wildman–Crippen LogP) is 4.29. The van der Waals surface area contributed by atoms with Crippen molar-refractivity contribution in [3.8, 4) is 0 Å². The Hall–Kier alpha value is -2.04. The van der Waals surface area contributed by atoms with Gasteiger partial charge in [-0.05, 0) is 43.7 Å². The first kappa shape index (κ1) is 18.7. The molecule has 3 rings (SSSR count). The van der Waals surface area contributed by atoms with E-state index in [1.165, 1.54) is 0 Å². The van der Waals surface area contributed by atoms with Crippen molar-refractivity contribution in [2.45, 2.75) is 13.3 Å². The Morgan fingerprint density at radius 3 is 2.00 bits per heavy atom. The Bertz CT molecular complexity index is 838. The molecule has 2 amide bonds. The van der Waals surface area contributed by atoms with Gasteiger partial charge in [-0.1, -0.05) is 40.9 Å². The van der Waals surface area contributed by atoms with Crippen LogP contribution >= 0.6 is 23.2 Å². The molecule has 6 heteroatoms. The molecule has 0 aromatic heterocycles. The highest BCUT2D eigenvalue weighted by molar-refractivity contribution is 6.42. The summed E-state index contributed by atoms with van der Waals surface area (Å²) in [7, 11) is 0. The summed E-state index contributed by atoms with van der Waals surface area (Å²) in [5, 5.41) is 0.789. The number of halogens is 2. The molecule has 1 heterocycles. The van der Waals surface area contributed by atoms with Crippen LogP contribution in [-0.2, 0) is 0 Å². The van der Waals surface area contributed by atoms with E-state index in [0.29, 0.717) is 47.4 Å². The lowest BCUT2D eigenvalue weighted by molar-refractivity contribution is 0.0718. The fraction of sp³-hybridized carbons (Fsp3) is 0.300. The van der Waals surface area contributed by atoms with Crippen LogP contribution in [0.5, 0.6) is 0 Å². The van der Waals surface area contributed by atoms with Gasteiger partial charge in [-0.3, -0.25) is 9.59 Å². The summed E-state index contributed by atoms with van der Waals surface area (Å²) in [5.41, 5.74) is 2.26. The average molecular weight is 391 g/mol. The molecule has 1 aliphatic rings. The third kappa shape index (κ3) is 4.19. The number of carbonyl (C=O) groups excluding carboxylic acids is 2. The van der Waals surface area contributed by atoms with Crippen LogP contribution in [0.15, 0.2) is 42.5 Å². The molecule has 2 aromatic carbocycles. The zero-order chi connectivity index (χ0) is 18.7. The van der Waals surface area contributed by atoms with Gasteiger partial charge in [-0.15, -0.1) is 0 Å². The quantitative estimate of drug-likeness (QED) is 0.766. The Kier molecular flexibility index (Phi) is 5.84. The number of rotatable bonds is 2. The van der Waals surface area contributed by atoms with Gasteiger partial charge in [-0.2, -0.15) is 0 Å². The van der Waals surface area contributed by atoms with Crippen LogP contribution in [0.2, 0.25) is 10.0 Å². The van der Waals surface area contributed by atoms with Crippen LogP contribution in [0.4, 0.5) is 0 Å². The minimum atomic E-state index is -0.0894. The minimum absolute atomic E-state index is 0.0116. The molecule has 4 nitrogen and oxygen atoms in total. The van der Waals surface area contributed by atoms with E-state index in [1.807, 2.05) is 36.1 Å². The predicted molar refractivity (Wildman–Crippen MR) is 104 cm³/mol. The van der Waals surface area contributed by atoms with E-state index in [-0.39, 0.29) is 11.8 Å². The fourth-order valence-electron chi connectivity index (χ4n) is 3.10. The largest absolute Gasteiger partial charge is 0.337 e. The Labute approximate surface area is 163 Å². The van der Waals surface area contributed by atoms with E-state index in [9.17, 15) is 9.59 Å². The third-order valence-electron chi connectivity index (χ3n) is 4.50. The topological polar surface area (TPSA) is 40.6 Å². The highest BCUT2D eigenvalue weighted by Crippen LogP contribution is 2.23. The summed E-state index contributed by atoms with van der Waals surface area (Å²) < 4.78 is 0. The molecule has 0 saturated carbocycles. The van der Waals surface area contributed by atoms with Crippen LogP contribution in [0.25, 0.3) is 0 Å². The normalized spacial score (nSPS) is 14.9. The summed E-state index contributed by atoms with van der Waals surface area (Å²) in [6, 6.07) is 12.5. The number of hydrogen-bond acceptors (Lipinski definition) is 2. The molecule has 0 N–H and O–H groups in total. The van der Waals surface area contributed by atoms with Gasteiger partial charge in [0.25, 0.3) is 11.8 Å². The maximum atomic E-state index is 12.7. The second-order valence-electron chi connectivity index (χ2n) is 6.44. The van der Waals surface area contributed by atoms with Crippen LogP contribution in [0.1, 0.15) is 32.7 Å². The lowest BCUT2D eigenvalue weighted by Gasteiger charge is -2.22. The minimum Gasteiger partial charge on any atom is -0.337 e. The van der Waals surface area contributed by atoms with Crippen molar-refractivity contribution in [3.63, 3.8) is 0 Å². The van der Waals surface area contributed by atoms with Crippen molar-refractivity contribution in [2.75, 3.05) is 26.2 Å². The molecule has 2 aromatic rings. The van der Waals surface area contributed by atoms with E-state index >= 15 is 0 Å². The van der Waals surface area contributed by atoms with Crippen molar-refractivity contribution in [1.82, 2.24) is 9.80 Å². The van der Waals surface area contributed by atoms with Crippen molar-refractivity contribution in [3.05, 3.63) is 69.2 Å². The average Bonchev–Trinajstić information content (AvgIpc) is 2.89. The fourth-order valence-corrected chi connectivity index (χ4v) is 3.39. The first-order valence-electron chi connectivity index (χ1n) is 8.56. The van der Waals surface area contributed by atoms with Crippen LogP contribution in [0.3, 0.4) is 0 Å². The first-order chi connectivity index (χ1) is 12.5. The van der Waals surface area contributed by atoms with Gasteiger partial charge < -0.3 is 9.80 Å². The smallest absolute Gasteiger partial charge is 0.253 e. The van der Waals surface area contributed by atoms with Gasteiger partial charge in [0.2, 0.25) is 0 Å². The molecule has 0 aliphatic carbocycles. The molecule has 26 heavy (non-hydrogen) atoms. The first-order valence-corrected chi connectivity index (χ1v) is 9.31. The molecular weight excluding hydrogens is 371 g/mol. The van der Waals surface area contributed by atoms with Gasteiger partial charge in [0.1, 0.15) is 0 Å². The van der Waals surface area contributed by atoms with E-state index in [0.717, 1.165) is 12.0 Å². The Morgan fingerprint density at radius 2 is 1.42 bits per heavy atom. The van der Waals surface area contributed by atoms with Crippen molar-refractivity contribution in [2.24, 2.45) is 0 Å². The molecule has 0 atom stereocenters. The molecule has 0 radical (unpaired) electrons. The standard InChI is InChI=1S/C20H20Cl2N2O2/c1-14-4-2-5-15(12-14)19(25)23-8-3-9-24(11-10-23)20(26)16-6-7-17(21)18(22)13-16/h2,4-7,12-13H,3,8-11H2,1H3. The van der Waals surface area contributed by atoms with Crippen LogP contribution in [-0.4, -0.2) is 47.8 Å². The highest BCUT2D eigenvalue weighted by Gasteiger charge is 2.23. The Morgan fingerprint density at radius 1 is 0.808 bits per heavy atom. The van der Waals surface area contributed by atoms with Gasteiger partial charge in [0, 0.05) is 37.3 Å². The number of nitrogens with zero attached hydrogens (tertiary/aromatic N) is 2. The van der Waals surface area contributed by atoms with Gasteiger partial charge in [-0.25, -0.2) is 0 Å². The van der Waals surface area contributed by atoms with Crippen molar-refractivity contribution in [1.29, 1.82) is 0 Å². The molecular formula is C20H20Cl2N2O2. The van der Waals surface area contributed by atoms with E-state index in [1.54, 1.807) is 23.1 Å². The zero-order valence-electron chi connectivity index (χ0n) is 14.5. The zero-order valence-corrected chi connectivity index (χ0v) is 16.1. The number of amides is 2. The van der Waals surface area contributed by atoms with E-state index in [2.05, 4.69) is 0 Å². The highest BCUT2D eigenvalue weighted by atomic mass is 35.5. The lowest BCUT2D eigenvalue weighted by atomic mass is 10.1. The molecule has 0 unspecified atom stereocenters. The molecule has 0 spiro atoms. The van der Waals surface area contributed by atoms with Gasteiger partial charge in [0.15, 0.2) is 0 Å².